The second-order valence-electron chi connectivity index (χ2n) is 33.2. The van der Waals surface area contributed by atoms with Gasteiger partial charge in [0.15, 0.2) is 5.78 Å². The molecule has 0 aromatic rings. The third kappa shape index (κ3) is 55.4. The highest BCUT2D eigenvalue weighted by molar-refractivity contribution is 5.95. The van der Waals surface area contributed by atoms with Crippen LogP contribution >= 0.6 is 0 Å². The molecule has 0 aromatic carbocycles. The van der Waals surface area contributed by atoms with Crippen molar-refractivity contribution >= 4 is 71.3 Å². The predicted molar refractivity (Wildman–Crippen MR) is 447 cm³/mol. The van der Waals surface area contributed by atoms with Crippen molar-refractivity contribution in [3.63, 3.8) is 0 Å². The van der Waals surface area contributed by atoms with Gasteiger partial charge in [-0.15, -0.1) is 0 Å². The molecule has 4 unspecified atom stereocenters. The normalized spacial score (nSPS) is 14.3. The molecule has 1 aliphatic rings. The fourth-order valence-corrected chi connectivity index (χ4v) is 15.0. The van der Waals surface area contributed by atoms with Crippen LogP contribution in [0.3, 0.4) is 0 Å². The largest absolute Gasteiger partial charge is 0.480 e. The van der Waals surface area contributed by atoms with Gasteiger partial charge in [-0.2, -0.15) is 0 Å². The third-order valence-corrected chi connectivity index (χ3v) is 21.5. The molecule has 29 heteroatoms. The highest BCUT2D eigenvalue weighted by Gasteiger charge is 2.58. The van der Waals surface area contributed by atoms with Gasteiger partial charge in [-0.3, -0.25) is 82.1 Å². The number of Topliss-reactive ketones (excluding diaryl/α,β-unsaturated/α-hetero) is 2. The number of likely N-dealkylation sites (N-methyl/N-ethyl adjacent to an activating group) is 2. The van der Waals surface area contributed by atoms with Gasteiger partial charge in [0.2, 0.25) is 5.91 Å². The molecule has 0 spiro atoms. The first-order valence-corrected chi connectivity index (χ1v) is 44.6. The van der Waals surface area contributed by atoms with Gasteiger partial charge >= 0.3 is 53.8 Å². The summed E-state index contributed by atoms with van der Waals surface area (Å²) in [5.41, 5.74) is -2.50. The van der Waals surface area contributed by atoms with E-state index in [0.29, 0.717) is 25.7 Å². The zero-order chi connectivity index (χ0) is 86.4. The molecule has 2 amide bonds. The number of unbranched alkanes of at least 4 members (excludes halogenated alkanes) is 36. The number of nitrogens with zero attached hydrogens (tertiary/aromatic N) is 7. The van der Waals surface area contributed by atoms with Crippen LogP contribution in [0.2, 0.25) is 0 Å². The average Bonchev–Trinajstić information content (AvgIpc) is 1.59. The predicted octanol–water partition coefficient (Wildman–Crippen LogP) is 14.0. The van der Waals surface area contributed by atoms with E-state index in [0.717, 1.165) is 91.7 Å². The Bertz CT molecular complexity index is 2720. The van der Waals surface area contributed by atoms with Gasteiger partial charge in [0.1, 0.15) is 37.2 Å². The van der Waals surface area contributed by atoms with Crippen LogP contribution in [-0.4, -0.2) is 290 Å². The summed E-state index contributed by atoms with van der Waals surface area (Å²) in [6.45, 7) is 7.37. The molecule has 1 fully saturated rings. The van der Waals surface area contributed by atoms with E-state index in [1.807, 2.05) is 18.7 Å². The Morgan fingerprint density at radius 1 is 0.397 bits per heavy atom. The number of carboxylic acids is 6. The molecule has 29 nitrogen and oxygen atoms in total. The van der Waals surface area contributed by atoms with Crippen molar-refractivity contribution in [3.8, 4) is 0 Å². The van der Waals surface area contributed by atoms with Gasteiger partial charge in [0.05, 0.1) is 76.5 Å². The van der Waals surface area contributed by atoms with Gasteiger partial charge < -0.3 is 54.5 Å². The first-order valence-electron chi connectivity index (χ1n) is 44.6. The first kappa shape index (κ1) is 108. The van der Waals surface area contributed by atoms with Crippen molar-refractivity contribution in [3.05, 3.63) is 0 Å². The smallest absolute Gasteiger partial charge is 0.411 e. The van der Waals surface area contributed by atoms with E-state index in [2.05, 4.69) is 20.8 Å². The summed E-state index contributed by atoms with van der Waals surface area (Å²) in [6.07, 6.45) is 43.4. The van der Waals surface area contributed by atoms with E-state index in [4.69, 9.17) is 18.9 Å². The maximum absolute atomic E-state index is 14.8. The Labute approximate surface area is 695 Å². The highest BCUT2D eigenvalue weighted by Crippen LogP contribution is 2.35. The number of carboxylic acid groups (broad SMARTS) is 6. The van der Waals surface area contributed by atoms with Gasteiger partial charge in [-0.1, -0.05) is 259 Å². The lowest BCUT2D eigenvalue weighted by molar-refractivity contribution is -0.155. The van der Waals surface area contributed by atoms with Crippen molar-refractivity contribution in [2.45, 2.75) is 361 Å². The summed E-state index contributed by atoms with van der Waals surface area (Å²) >= 11 is 0. The molecule has 1 rings (SSSR count). The first-order chi connectivity index (χ1) is 55.4. The van der Waals surface area contributed by atoms with Crippen molar-refractivity contribution in [2.24, 2.45) is 0 Å². The quantitative estimate of drug-likeness (QED) is 0.0143. The molecular weight excluding hydrogens is 1490 g/mol. The Morgan fingerprint density at radius 2 is 0.767 bits per heavy atom. The van der Waals surface area contributed by atoms with E-state index in [-0.39, 0.29) is 90.1 Å². The molecular formula is C87H157N7O22. The number of carbonyl (C=O) groups excluding carboxylic acids is 6. The van der Waals surface area contributed by atoms with Crippen LogP contribution in [0, 0.1) is 0 Å². The molecule has 1 heterocycles. The molecule has 0 radical (unpaired) electrons. The van der Waals surface area contributed by atoms with Gasteiger partial charge in [0, 0.05) is 65.1 Å². The van der Waals surface area contributed by atoms with Crippen LogP contribution < -0.4 is 0 Å². The molecule has 1 aliphatic heterocycles. The molecule has 672 valence electrons. The number of ether oxygens (including phenoxy) is 4. The lowest BCUT2D eigenvalue weighted by Crippen LogP contribution is -2.63. The maximum atomic E-state index is 14.8. The number of aliphatic carboxylic acids is 6. The summed E-state index contributed by atoms with van der Waals surface area (Å²) < 4.78 is 24.2. The number of carbonyl (C=O) groups is 12. The lowest BCUT2D eigenvalue weighted by atomic mass is 9.96. The number of hydrogen-bond donors (Lipinski definition) is 6. The number of hydrogen-bond acceptors (Lipinski definition) is 21. The van der Waals surface area contributed by atoms with Crippen molar-refractivity contribution in [1.82, 2.24) is 34.3 Å². The molecule has 116 heavy (non-hydrogen) atoms. The minimum absolute atomic E-state index is 0.0391. The minimum Gasteiger partial charge on any atom is -0.480 e. The molecule has 0 bridgehead atoms. The highest BCUT2D eigenvalue weighted by atomic mass is 16.6. The molecule has 1 saturated heterocycles. The van der Waals surface area contributed by atoms with Crippen LogP contribution in [0.25, 0.3) is 0 Å². The van der Waals surface area contributed by atoms with Crippen LogP contribution in [0.5, 0.6) is 0 Å². The monoisotopic (exact) mass is 1650 g/mol. The van der Waals surface area contributed by atoms with E-state index >= 15 is 0 Å². The Hall–Kier alpha value is -6.40. The van der Waals surface area contributed by atoms with Gasteiger partial charge in [0.25, 0.3) is 0 Å². The van der Waals surface area contributed by atoms with E-state index < -0.39 is 154 Å². The zero-order valence-electron chi connectivity index (χ0n) is 72.9. The van der Waals surface area contributed by atoms with Crippen molar-refractivity contribution in [1.29, 1.82) is 0 Å². The second kappa shape index (κ2) is 66.4. The molecule has 0 saturated carbocycles. The topological polar surface area (TPSA) is 386 Å². The standard InChI is InChI=1S/C87H157N7O22/c1-9-14-17-20-23-26-29-32-35-38-41-44-47-50-72(95)59-93(13-5)87(70-115-82(110)52-49-46-43-40-37-34-31-28-25-22-19-16-11-3,68-91(12-4)75(97)51-48-45-42-39-36-33-30-27-24-21-18-15-10-2)69-113-67-74(96)84-73(94(84)85(112)116-86(6,7)8)57-83(111)114-66-71(92(64-80(106)107)65-81(108)109)58-89(61-77(100)101)55-53-88(60-76(98)99)54-56-90(62-78(102)103)63-79(104)105/h71,73,84H,9-70H2,1-8H3,(H,98,99)(H,100,101)(H,102,103)(H,104,105)(H,106,107)(H,108,109). The Kier molecular flexibility index (Phi) is 61.6. The molecule has 0 aliphatic carbocycles. The summed E-state index contributed by atoms with van der Waals surface area (Å²) in [4.78, 5) is 167. The lowest BCUT2D eigenvalue weighted by Gasteiger charge is -2.45. The van der Waals surface area contributed by atoms with Gasteiger partial charge in [-0.05, 0) is 53.5 Å². The summed E-state index contributed by atoms with van der Waals surface area (Å²) in [5.74, 6) is -10.8. The number of rotatable bonds is 81. The zero-order valence-corrected chi connectivity index (χ0v) is 72.9. The number of ketones is 2. The van der Waals surface area contributed by atoms with E-state index in [1.54, 1.807) is 25.7 Å². The molecule has 0 aromatic heterocycles. The van der Waals surface area contributed by atoms with Crippen molar-refractivity contribution in [2.75, 3.05) is 125 Å². The van der Waals surface area contributed by atoms with Crippen molar-refractivity contribution < 1.29 is 107 Å². The minimum atomic E-state index is -1.51. The Morgan fingerprint density at radius 3 is 1.16 bits per heavy atom. The summed E-state index contributed by atoms with van der Waals surface area (Å²) in [7, 11) is 0. The van der Waals surface area contributed by atoms with Crippen LogP contribution in [0.1, 0.15) is 331 Å². The SMILES string of the molecule is CCCCCCCCCCCCCCCC(=O)CN(CC)C(COCC(=O)C1C(CC(=O)OCC(CN(CCN(CCN(CC(=O)O)CC(=O)O)CC(=O)O)CC(=O)O)N(CC(=O)O)CC(=O)O)N1C(=O)OC(C)(C)C)(COC(=O)CCCCCCCCCCCCCCC)CN(CC)C(=O)CCCCCCCCCCCCCCC. The summed E-state index contributed by atoms with van der Waals surface area (Å²) in [6, 6.07) is -3.95. The third-order valence-electron chi connectivity index (χ3n) is 21.5. The van der Waals surface area contributed by atoms with Gasteiger partial charge in [-0.25, -0.2) is 4.79 Å². The number of amides is 2. The van der Waals surface area contributed by atoms with E-state index in [1.165, 1.54) is 164 Å². The van der Waals surface area contributed by atoms with E-state index in [9.17, 15) is 88.2 Å². The fraction of sp³-hybridized carbons (Fsp3) is 0.862. The fourth-order valence-electron chi connectivity index (χ4n) is 15.0. The van der Waals surface area contributed by atoms with Crippen LogP contribution in [0.4, 0.5) is 4.79 Å². The second-order valence-corrected chi connectivity index (χ2v) is 33.2. The summed E-state index contributed by atoms with van der Waals surface area (Å²) in [5, 5.41) is 58.5. The number of esters is 2. The Balaban J connectivity index is 3.79. The molecule has 4 atom stereocenters. The van der Waals surface area contributed by atoms with Crippen LogP contribution in [0.15, 0.2) is 0 Å². The van der Waals surface area contributed by atoms with Crippen LogP contribution in [-0.2, 0) is 71.7 Å². The molecule has 6 N–H and O–H groups in total. The average molecular weight is 1650 g/mol. The maximum Gasteiger partial charge on any atom is 0.411 e.